The van der Waals surface area contributed by atoms with Crippen LogP contribution in [0.15, 0.2) is 53.4 Å². The molecule has 2 aromatic rings. The number of hydrogen-bond donors (Lipinski definition) is 0. The van der Waals surface area contributed by atoms with Crippen LogP contribution in [0.3, 0.4) is 0 Å². The first-order valence-corrected chi connectivity index (χ1v) is 7.65. The number of hydrogen-bond acceptors (Lipinski definition) is 3. The molecule has 0 aliphatic rings. The van der Waals surface area contributed by atoms with Crippen molar-refractivity contribution >= 4 is 27.3 Å². The summed E-state index contributed by atoms with van der Waals surface area (Å²) in [4.78, 5) is 0.195. The summed E-state index contributed by atoms with van der Waals surface area (Å²) in [7, 11) is -0.594. The van der Waals surface area contributed by atoms with Gasteiger partial charge in [0.05, 0.1) is 17.7 Å². The van der Waals surface area contributed by atoms with Crippen LogP contribution in [0.25, 0.3) is 0 Å². The average Bonchev–Trinajstić information content (AvgIpc) is 2.46. The van der Waals surface area contributed by atoms with E-state index < -0.39 is 10.0 Å². The summed E-state index contributed by atoms with van der Waals surface area (Å²) in [6.07, 6.45) is 0. The molecule has 2 rings (SSSR count). The lowest BCUT2D eigenvalue weighted by molar-refractivity contribution is 0.414. The minimum atomic E-state index is -3.61. The predicted octanol–water partition coefficient (Wildman–Crippen LogP) is 3.17. The minimum absolute atomic E-state index is 0.195. The summed E-state index contributed by atoms with van der Waals surface area (Å²) >= 11 is 5.89. The summed E-state index contributed by atoms with van der Waals surface area (Å²) in [5.74, 6) is 0.606. The number of ether oxygens (including phenoxy) is 1. The van der Waals surface area contributed by atoms with Crippen LogP contribution in [0, 0.1) is 0 Å². The molecular formula is C14H14ClNO3S. The average molecular weight is 312 g/mol. The van der Waals surface area contributed by atoms with Crippen molar-refractivity contribution in [3.63, 3.8) is 0 Å². The molecule has 4 nitrogen and oxygen atoms in total. The van der Waals surface area contributed by atoms with E-state index in [2.05, 4.69) is 0 Å². The van der Waals surface area contributed by atoms with E-state index in [0.29, 0.717) is 16.5 Å². The molecule has 0 fully saturated rings. The second-order valence-corrected chi connectivity index (χ2v) is 6.53. The molecule has 0 aliphatic carbocycles. The zero-order valence-corrected chi connectivity index (χ0v) is 12.6. The number of benzene rings is 2. The summed E-state index contributed by atoms with van der Waals surface area (Å²) in [6.45, 7) is 0. The fourth-order valence-corrected chi connectivity index (χ4v) is 3.09. The molecule has 2 aromatic carbocycles. The van der Waals surface area contributed by atoms with Gasteiger partial charge in [-0.2, -0.15) is 0 Å². The van der Waals surface area contributed by atoms with E-state index in [9.17, 15) is 8.42 Å². The highest BCUT2D eigenvalue weighted by atomic mass is 35.5. The standard InChI is InChI=1S/C14H14ClNO3S/c1-16(12-5-3-4-11(15)10-12)20(17,18)14-8-6-13(19-2)7-9-14/h3-10H,1-2H3. The minimum Gasteiger partial charge on any atom is -0.497 e. The van der Waals surface area contributed by atoms with E-state index in [0.717, 1.165) is 0 Å². The number of nitrogens with zero attached hydrogens (tertiary/aromatic N) is 1. The molecule has 106 valence electrons. The fourth-order valence-electron chi connectivity index (χ4n) is 1.72. The van der Waals surface area contributed by atoms with E-state index in [1.807, 2.05) is 0 Å². The monoisotopic (exact) mass is 311 g/mol. The molecule has 0 aliphatic heterocycles. The molecule has 0 atom stereocenters. The first-order valence-electron chi connectivity index (χ1n) is 5.83. The second kappa shape index (κ2) is 5.73. The normalized spacial score (nSPS) is 11.2. The summed E-state index contributed by atoms with van der Waals surface area (Å²) in [6, 6.07) is 12.9. The highest BCUT2D eigenvalue weighted by Gasteiger charge is 2.21. The third kappa shape index (κ3) is 2.89. The smallest absolute Gasteiger partial charge is 0.264 e. The van der Waals surface area contributed by atoms with Crippen molar-refractivity contribution in [2.24, 2.45) is 0 Å². The van der Waals surface area contributed by atoms with Crippen molar-refractivity contribution in [2.45, 2.75) is 4.90 Å². The third-order valence-electron chi connectivity index (χ3n) is 2.89. The molecule has 0 spiro atoms. The van der Waals surface area contributed by atoms with Gasteiger partial charge in [-0.05, 0) is 42.5 Å². The zero-order chi connectivity index (χ0) is 14.8. The Morgan fingerprint density at radius 2 is 1.75 bits per heavy atom. The quantitative estimate of drug-likeness (QED) is 0.871. The molecule has 0 saturated carbocycles. The molecule has 0 heterocycles. The third-order valence-corrected chi connectivity index (χ3v) is 4.92. The number of methoxy groups -OCH3 is 1. The Balaban J connectivity index is 2.38. The molecule has 20 heavy (non-hydrogen) atoms. The Labute approximate surface area is 123 Å². The molecule has 0 radical (unpaired) electrons. The van der Waals surface area contributed by atoms with Crippen molar-refractivity contribution < 1.29 is 13.2 Å². The first kappa shape index (κ1) is 14.7. The molecule has 0 saturated heterocycles. The van der Waals surface area contributed by atoms with E-state index in [4.69, 9.17) is 16.3 Å². The van der Waals surface area contributed by atoms with Gasteiger partial charge in [0.25, 0.3) is 10.0 Å². The lowest BCUT2D eigenvalue weighted by Gasteiger charge is -2.19. The summed E-state index contributed by atoms with van der Waals surface area (Å²) < 4.78 is 31.2. The summed E-state index contributed by atoms with van der Waals surface area (Å²) in [5.41, 5.74) is 0.508. The van der Waals surface area contributed by atoms with Crippen LogP contribution in [0.4, 0.5) is 5.69 Å². The van der Waals surface area contributed by atoms with Gasteiger partial charge in [-0.25, -0.2) is 8.42 Å². The maximum absolute atomic E-state index is 12.5. The molecule has 0 amide bonds. The van der Waals surface area contributed by atoms with E-state index >= 15 is 0 Å². The first-order chi connectivity index (χ1) is 9.45. The van der Waals surface area contributed by atoms with E-state index in [-0.39, 0.29) is 4.90 Å². The maximum atomic E-state index is 12.5. The van der Waals surface area contributed by atoms with Crippen LogP contribution in [0.5, 0.6) is 5.75 Å². The Morgan fingerprint density at radius 1 is 1.10 bits per heavy atom. The highest BCUT2D eigenvalue weighted by molar-refractivity contribution is 7.92. The van der Waals surface area contributed by atoms with Crippen LogP contribution in [-0.2, 0) is 10.0 Å². The van der Waals surface area contributed by atoms with Gasteiger partial charge in [0.2, 0.25) is 0 Å². The fraction of sp³-hybridized carbons (Fsp3) is 0.143. The molecule has 0 bridgehead atoms. The van der Waals surface area contributed by atoms with Gasteiger partial charge in [0.1, 0.15) is 5.75 Å². The zero-order valence-electron chi connectivity index (χ0n) is 11.1. The van der Waals surface area contributed by atoms with Crippen LogP contribution >= 0.6 is 11.6 Å². The second-order valence-electron chi connectivity index (χ2n) is 4.13. The van der Waals surface area contributed by atoms with Crippen molar-refractivity contribution in [1.29, 1.82) is 0 Å². The van der Waals surface area contributed by atoms with E-state index in [1.54, 1.807) is 36.4 Å². The Morgan fingerprint density at radius 3 is 2.30 bits per heavy atom. The number of rotatable bonds is 4. The van der Waals surface area contributed by atoms with Crippen LogP contribution in [0.1, 0.15) is 0 Å². The van der Waals surface area contributed by atoms with Gasteiger partial charge in [-0.1, -0.05) is 17.7 Å². The topological polar surface area (TPSA) is 46.6 Å². The molecule has 6 heteroatoms. The summed E-state index contributed by atoms with van der Waals surface area (Å²) in [5, 5.41) is 0.485. The van der Waals surface area contributed by atoms with Crippen LogP contribution < -0.4 is 9.04 Å². The van der Waals surface area contributed by atoms with Crippen molar-refractivity contribution in [3.05, 3.63) is 53.6 Å². The van der Waals surface area contributed by atoms with Crippen LogP contribution in [0.2, 0.25) is 5.02 Å². The largest absolute Gasteiger partial charge is 0.497 e. The SMILES string of the molecule is COc1ccc(S(=O)(=O)N(C)c2cccc(Cl)c2)cc1. The number of halogens is 1. The van der Waals surface area contributed by atoms with Crippen molar-refractivity contribution in [2.75, 3.05) is 18.5 Å². The molecule has 0 aromatic heterocycles. The lowest BCUT2D eigenvalue weighted by Crippen LogP contribution is -2.26. The molecule has 0 N–H and O–H groups in total. The van der Waals surface area contributed by atoms with Gasteiger partial charge >= 0.3 is 0 Å². The predicted molar refractivity (Wildman–Crippen MR) is 80.0 cm³/mol. The van der Waals surface area contributed by atoms with Crippen molar-refractivity contribution in [1.82, 2.24) is 0 Å². The highest BCUT2D eigenvalue weighted by Crippen LogP contribution is 2.25. The number of sulfonamides is 1. The lowest BCUT2D eigenvalue weighted by atomic mass is 10.3. The van der Waals surface area contributed by atoms with Gasteiger partial charge in [-0.15, -0.1) is 0 Å². The Hall–Kier alpha value is -1.72. The van der Waals surface area contributed by atoms with Crippen LogP contribution in [-0.4, -0.2) is 22.6 Å². The number of anilines is 1. The Kier molecular flexibility index (Phi) is 4.20. The molecule has 0 unspecified atom stereocenters. The van der Waals surface area contributed by atoms with Gasteiger partial charge < -0.3 is 4.74 Å². The van der Waals surface area contributed by atoms with E-state index in [1.165, 1.54) is 30.6 Å². The van der Waals surface area contributed by atoms with Crippen molar-refractivity contribution in [3.8, 4) is 5.75 Å². The maximum Gasteiger partial charge on any atom is 0.264 e. The van der Waals surface area contributed by atoms with Gasteiger partial charge in [0, 0.05) is 12.1 Å². The van der Waals surface area contributed by atoms with Gasteiger partial charge in [-0.3, -0.25) is 4.31 Å². The van der Waals surface area contributed by atoms with Gasteiger partial charge in [0.15, 0.2) is 0 Å². The molecular weight excluding hydrogens is 298 g/mol. The Bertz CT molecular complexity index is 699.